The van der Waals surface area contributed by atoms with Gasteiger partial charge in [-0.05, 0) is 24.1 Å². The zero-order chi connectivity index (χ0) is 13.0. The van der Waals surface area contributed by atoms with Crippen LogP contribution in [-0.2, 0) is 4.79 Å². The number of amides is 1. The lowest BCUT2D eigenvalue weighted by atomic mass is 10.0. The predicted octanol–water partition coefficient (Wildman–Crippen LogP) is 1.67. The summed E-state index contributed by atoms with van der Waals surface area (Å²) in [6.45, 7) is 3.86. The van der Waals surface area contributed by atoms with Gasteiger partial charge in [0.1, 0.15) is 0 Å². The van der Waals surface area contributed by atoms with Gasteiger partial charge in [0.25, 0.3) is 0 Å². The number of nitrogens with two attached hydrogens (primary N) is 1. The van der Waals surface area contributed by atoms with E-state index in [0.29, 0.717) is 0 Å². The van der Waals surface area contributed by atoms with Crippen LogP contribution >= 0.6 is 0 Å². The first-order valence-corrected chi connectivity index (χ1v) is 5.75. The zero-order valence-electron chi connectivity index (χ0n) is 10.9. The third kappa shape index (κ3) is 3.75. The number of nitrogens with one attached hydrogen (secondary N) is 1. The molecule has 0 spiro atoms. The fourth-order valence-corrected chi connectivity index (χ4v) is 1.39. The molecule has 3 N–H and O–H groups in total. The lowest BCUT2D eigenvalue weighted by Crippen LogP contribution is -2.39. The van der Waals surface area contributed by atoms with Crippen molar-refractivity contribution in [3.8, 4) is 0 Å². The van der Waals surface area contributed by atoms with Crippen LogP contribution in [0, 0.1) is 5.92 Å². The summed E-state index contributed by atoms with van der Waals surface area (Å²) in [6, 6.07) is 7.20. The van der Waals surface area contributed by atoms with Crippen molar-refractivity contribution in [2.24, 2.45) is 11.7 Å². The maximum Gasteiger partial charge on any atom is 0.241 e. The first-order valence-electron chi connectivity index (χ1n) is 5.75. The van der Waals surface area contributed by atoms with Crippen molar-refractivity contribution >= 4 is 17.3 Å². The standard InChI is InChI=1S/C13H21N3O/c1-9(2)12(14)13(17)15-10-6-5-7-11(8-10)16(3)4/h5-9,12H,14H2,1-4H3,(H,15,17)/t12-/m0/s1. The number of nitrogens with zero attached hydrogens (tertiary/aromatic N) is 1. The van der Waals surface area contributed by atoms with E-state index in [0.717, 1.165) is 11.4 Å². The largest absolute Gasteiger partial charge is 0.378 e. The van der Waals surface area contributed by atoms with Gasteiger partial charge in [-0.25, -0.2) is 0 Å². The van der Waals surface area contributed by atoms with Gasteiger partial charge >= 0.3 is 0 Å². The second kappa shape index (κ2) is 5.68. The highest BCUT2D eigenvalue weighted by atomic mass is 16.2. The van der Waals surface area contributed by atoms with Crippen LogP contribution in [0.25, 0.3) is 0 Å². The van der Waals surface area contributed by atoms with Crippen LogP contribution in [0.4, 0.5) is 11.4 Å². The second-order valence-corrected chi connectivity index (χ2v) is 4.70. The molecule has 94 valence electrons. The minimum atomic E-state index is -0.474. The topological polar surface area (TPSA) is 58.4 Å². The Labute approximate surface area is 103 Å². The van der Waals surface area contributed by atoms with E-state index in [1.54, 1.807) is 0 Å². The van der Waals surface area contributed by atoms with Crippen molar-refractivity contribution < 1.29 is 4.79 Å². The van der Waals surface area contributed by atoms with Crippen molar-refractivity contribution in [2.75, 3.05) is 24.3 Å². The molecule has 0 aliphatic carbocycles. The Balaban J connectivity index is 2.75. The quantitative estimate of drug-likeness (QED) is 0.834. The molecule has 4 heteroatoms. The Kier molecular flexibility index (Phi) is 4.52. The fourth-order valence-electron chi connectivity index (χ4n) is 1.39. The smallest absolute Gasteiger partial charge is 0.241 e. The molecule has 0 aromatic heterocycles. The number of rotatable bonds is 4. The molecule has 0 saturated carbocycles. The van der Waals surface area contributed by atoms with Crippen molar-refractivity contribution in [3.63, 3.8) is 0 Å². The molecule has 0 saturated heterocycles. The van der Waals surface area contributed by atoms with Gasteiger partial charge in [-0.3, -0.25) is 4.79 Å². The van der Waals surface area contributed by atoms with Gasteiger partial charge in [-0.2, -0.15) is 0 Å². The molecule has 17 heavy (non-hydrogen) atoms. The van der Waals surface area contributed by atoms with Crippen LogP contribution in [0.5, 0.6) is 0 Å². The molecule has 0 aliphatic heterocycles. The SMILES string of the molecule is CC(C)[C@H](N)C(=O)Nc1cccc(N(C)C)c1. The predicted molar refractivity (Wildman–Crippen MR) is 72.2 cm³/mol. The van der Waals surface area contributed by atoms with Crippen molar-refractivity contribution in [2.45, 2.75) is 19.9 Å². The minimum absolute atomic E-state index is 0.132. The molecule has 0 aliphatic rings. The normalized spacial score (nSPS) is 12.4. The first kappa shape index (κ1) is 13.5. The highest BCUT2D eigenvalue weighted by Crippen LogP contribution is 2.17. The third-order valence-corrected chi connectivity index (χ3v) is 2.65. The monoisotopic (exact) mass is 235 g/mol. The number of carbonyl (C=O) groups excluding carboxylic acids is 1. The van der Waals surface area contributed by atoms with Gasteiger partial charge in [0.05, 0.1) is 6.04 Å². The number of hydrogen-bond acceptors (Lipinski definition) is 3. The van der Waals surface area contributed by atoms with Gasteiger partial charge < -0.3 is 16.0 Å². The van der Waals surface area contributed by atoms with Gasteiger partial charge in [0.2, 0.25) is 5.91 Å². The van der Waals surface area contributed by atoms with Gasteiger partial charge in [-0.15, -0.1) is 0 Å². The first-order chi connectivity index (χ1) is 7.91. The average molecular weight is 235 g/mol. The average Bonchev–Trinajstić information content (AvgIpc) is 2.28. The molecule has 1 atom stereocenters. The molecule has 0 radical (unpaired) electrons. The molecule has 0 fully saturated rings. The van der Waals surface area contributed by atoms with Crippen LogP contribution in [0.15, 0.2) is 24.3 Å². The molecule has 1 aromatic carbocycles. The number of anilines is 2. The maximum atomic E-state index is 11.8. The van der Waals surface area contributed by atoms with E-state index in [4.69, 9.17) is 5.73 Å². The summed E-state index contributed by atoms with van der Waals surface area (Å²) >= 11 is 0. The second-order valence-electron chi connectivity index (χ2n) is 4.70. The number of benzene rings is 1. The Morgan fingerprint density at radius 1 is 1.35 bits per heavy atom. The molecule has 0 unspecified atom stereocenters. The van der Waals surface area contributed by atoms with Crippen LogP contribution in [-0.4, -0.2) is 26.0 Å². The van der Waals surface area contributed by atoms with E-state index in [-0.39, 0.29) is 11.8 Å². The molecule has 1 amide bonds. The molecular weight excluding hydrogens is 214 g/mol. The van der Waals surface area contributed by atoms with E-state index in [1.165, 1.54) is 0 Å². The summed E-state index contributed by atoms with van der Waals surface area (Å²) in [6.07, 6.45) is 0. The highest BCUT2D eigenvalue weighted by molar-refractivity contribution is 5.95. The number of hydrogen-bond donors (Lipinski definition) is 2. The van der Waals surface area contributed by atoms with Crippen LogP contribution in [0.1, 0.15) is 13.8 Å². The molecule has 4 nitrogen and oxygen atoms in total. The van der Waals surface area contributed by atoms with E-state index in [2.05, 4.69) is 5.32 Å². The van der Waals surface area contributed by atoms with Crippen molar-refractivity contribution in [1.82, 2.24) is 0 Å². The Morgan fingerprint density at radius 3 is 2.53 bits per heavy atom. The zero-order valence-corrected chi connectivity index (χ0v) is 10.9. The maximum absolute atomic E-state index is 11.8. The lowest BCUT2D eigenvalue weighted by Gasteiger charge is -2.17. The molecule has 1 rings (SSSR count). The number of carbonyl (C=O) groups is 1. The molecule has 0 heterocycles. The molecular formula is C13H21N3O. The summed E-state index contributed by atoms with van der Waals surface area (Å²) in [7, 11) is 3.92. The fraction of sp³-hybridized carbons (Fsp3) is 0.462. The van der Waals surface area contributed by atoms with Gasteiger partial charge in [0.15, 0.2) is 0 Å². The highest BCUT2D eigenvalue weighted by Gasteiger charge is 2.17. The van der Waals surface area contributed by atoms with Crippen LogP contribution < -0.4 is 16.0 Å². The third-order valence-electron chi connectivity index (χ3n) is 2.65. The Morgan fingerprint density at radius 2 is 2.00 bits per heavy atom. The minimum Gasteiger partial charge on any atom is -0.378 e. The summed E-state index contributed by atoms with van der Waals surface area (Å²) in [5.41, 5.74) is 7.60. The van der Waals surface area contributed by atoms with E-state index >= 15 is 0 Å². The molecule has 1 aromatic rings. The summed E-state index contributed by atoms with van der Waals surface area (Å²) in [5.74, 6) is -0.0112. The van der Waals surface area contributed by atoms with Gasteiger partial charge in [-0.1, -0.05) is 19.9 Å². The van der Waals surface area contributed by atoms with Crippen LogP contribution in [0.2, 0.25) is 0 Å². The Hall–Kier alpha value is -1.55. The van der Waals surface area contributed by atoms with Crippen LogP contribution in [0.3, 0.4) is 0 Å². The molecule has 0 bridgehead atoms. The van der Waals surface area contributed by atoms with Crippen molar-refractivity contribution in [3.05, 3.63) is 24.3 Å². The Bertz CT molecular complexity index is 388. The lowest BCUT2D eigenvalue weighted by molar-refractivity contribution is -0.118. The van der Waals surface area contributed by atoms with E-state index in [9.17, 15) is 4.79 Å². The van der Waals surface area contributed by atoms with Crippen molar-refractivity contribution in [1.29, 1.82) is 0 Å². The summed E-state index contributed by atoms with van der Waals surface area (Å²) in [5, 5.41) is 2.83. The van der Waals surface area contributed by atoms with E-state index in [1.807, 2.05) is 57.1 Å². The van der Waals surface area contributed by atoms with E-state index < -0.39 is 6.04 Å². The summed E-state index contributed by atoms with van der Waals surface area (Å²) in [4.78, 5) is 13.8. The summed E-state index contributed by atoms with van der Waals surface area (Å²) < 4.78 is 0. The van der Waals surface area contributed by atoms with Gasteiger partial charge in [0, 0.05) is 25.5 Å².